The fraction of sp³-hybridized carbons (Fsp3) is 0.389. The van der Waals surface area contributed by atoms with Crippen molar-refractivity contribution in [2.75, 3.05) is 6.61 Å². The van der Waals surface area contributed by atoms with Crippen LogP contribution < -0.4 is 10.3 Å². The summed E-state index contributed by atoms with van der Waals surface area (Å²) in [5.74, 6) is 0.802. The molecule has 1 N–H and O–H groups in total. The van der Waals surface area contributed by atoms with E-state index in [-0.39, 0.29) is 36.5 Å². The molecule has 2 aliphatic rings. The van der Waals surface area contributed by atoms with E-state index in [1.165, 1.54) is 29.6 Å². The predicted molar refractivity (Wildman–Crippen MR) is 93.3 cm³/mol. The molecule has 1 aliphatic carbocycles. The Morgan fingerprint density at radius 3 is 2.84 bits per heavy atom. The predicted octanol–water partition coefficient (Wildman–Crippen LogP) is 1.78. The maximum Gasteiger partial charge on any atom is 0.406 e. The first-order chi connectivity index (χ1) is 12.1. The number of halogens is 1. The summed E-state index contributed by atoms with van der Waals surface area (Å²) < 4.78 is 20.2. The molecule has 2 aromatic rings. The molecule has 0 saturated heterocycles. The highest BCUT2D eigenvalue weighted by Crippen LogP contribution is 2.47. The third kappa shape index (κ3) is 3.09. The lowest BCUT2D eigenvalue weighted by atomic mass is 10.1. The number of aliphatic hydroxyl groups excluding tert-OH is 1. The molecule has 4 rings (SSSR count). The lowest BCUT2D eigenvalue weighted by Gasteiger charge is -2.11. The maximum absolute atomic E-state index is 12.9. The van der Waals surface area contributed by atoms with Crippen LogP contribution in [0.1, 0.15) is 25.1 Å². The van der Waals surface area contributed by atoms with Crippen LogP contribution in [-0.4, -0.2) is 26.1 Å². The topological polar surface area (TPSA) is 64.3 Å². The van der Waals surface area contributed by atoms with Gasteiger partial charge in [0.15, 0.2) is 0 Å². The van der Waals surface area contributed by atoms with Crippen molar-refractivity contribution in [2.45, 2.75) is 31.1 Å². The summed E-state index contributed by atoms with van der Waals surface area (Å²) >= 11 is 1.51. The summed E-state index contributed by atoms with van der Waals surface area (Å²) in [5, 5.41) is 10.00. The molecule has 1 fully saturated rings. The average Bonchev–Trinajstić information content (AvgIpc) is 3.29. The Morgan fingerprint density at radius 2 is 2.16 bits per heavy atom. The summed E-state index contributed by atoms with van der Waals surface area (Å²) in [4.78, 5) is 18.3. The minimum Gasteiger partial charge on any atom is -0.487 e. The number of ether oxygens (including phenoxy) is 1. The third-order valence-corrected chi connectivity index (χ3v) is 5.77. The van der Waals surface area contributed by atoms with Crippen LogP contribution in [0, 0.1) is 17.7 Å². The number of aromatic nitrogens is 2. The Kier molecular flexibility index (Phi) is 4.13. The van der Waals surface area contributed by atoms with Crippen LogP contribution in [0.25, 0.3) is 0 Å². The van der Waals surface area contributed by atoms with E-state index >= 15 is 0 Å². The van der Waals surface area contributed by atoms with Crippen molar-refractivity contribution in [1.82, 2.24) is 9.55 Å². The zero-order valence-electron chi connectivity index (χ0n) is 13.7. The van der Waals surface area contributed by atoms with Crippen molar-refractivity contribution in [3.8, 4) is 5.75 Å². The molecule has 2 heterocycles. The van der Waals surface area contributed by atoms with Gasteiger partial charge in [-0.05, 0) is 42.5 Å². The van der Waals surface area contributed by atoms with Crippen LogP contribution in [0.2, 0.25) is 0 Å². The Balaban J connectivity index is 1.55. The van der Waals surface area contributed by atoms with Crippen LogP contribution in [0.3, 0.4) is 0 Å². The van der Waals surface area contributed by atoms with E-state index in [2.05, 4.69) is 4.98 Å². The van der Waals surface area contributed by atoms with Gasteiger partial charge in [0, 0.05) is 19.6 Å². The molecule has 1 unspecified atom stereocenters. The molecule has 130 valence electrons. The molecule has 25 heavy (non-hydrogen) atoms. The molecule has 1 aromatic heterocycles. The van der Waals surface area contributed by atoms with Gasteiger partial charge in [0.25, 0.3) is 16.9 Å². The van der Waals surface area contributed by atoms with Crippen LogP contribution in [0.5, 0.6) is 5.75 Å². The lowest BCUT2D eigenvalue weighted by molar-refractivity contribution is 0.262. The standard InChI is InChI=1S/C18H18FN2O3S/c1-10-17(15-6-11(15)8-22)21-16(23)7-13(20-18(21)25-10)9-24-14-4-2-12(19)3-5-14/h2-5,7,11,15,17,22H,6,8-9H2,1H3/q+1/t11-,15+,17?/m0/s1. The SMILES string of the molecule is CC1=[S+]c2nc(COc3ccc(F)cc3)cc(=O)n2C1[C@@H]1C[C@H]1CO. The summed E-state index contributed by atoms with van der Waals surface area (Å²) in [6.07, 6.45) is 0.945. The molecule has 1 aromatic carbocycles. The van der Waals surface area contributed by atoms with E-state index < -0.39 is 0 Å². The van der Waals surface area contributed by atoms with Crippen molar-refractivity contribution in [3.63, 3.8) is 0 Å². The van der Waals surface area contributed by atoms with Gasteiger partial charge in [-0.3, -0.25) is 4.79 Å². The van der Waals surface area contributed by atoms with E-state index in [4.69, 9.17) is 4.74 Å². The number of rotatable bonds is 5. The van der Waals surface area contributed by atoms with Gasteiger partial charge in [0.05, 0.1) is 5.69 Å². The molecule has 1 aliphatic heterocycles. The second-order valence-electron chi connectivity index (χ2n) is 6.48. The molecule has 7 heteroatoms. The second kappa shape index (κ2) is 6.31. The molecule has 0 bridgehead atoms. The van der Waals surface area contributed by atoms with E-state index in [0.29, 0.717) is 22.5 Å². The highest BCUT2D eigenvalue weighted by Gasteiger charge is 2.51. The summed E-state index contributed by atoms with van der Waals surface area (Å²) in [6, 6.07) is 7.25. The van der Waals surface area contributed by atoms with E-state index in [9.17, 15) is 14.3 Å². The van der Waals surface area contributed by atoms with E-state index in [0.717, 1.165) is 11.3 Å². The lowest BCUT2D eigenvalue weighted by Crippen LogP contribution is -2.29. The molecular weight excluding hydrogens is 343 g/mol. The van der Waals surface area contributed by atoms with Crippen molar-refractivity contribution in [3.05, 3.63) is 52.2 Å². The normalized spacial score (nSPS) is 24.0. The average molecular weight is 361 g/mol. The highest BCUT2D eigenvalue weighted by molar-refractivity contribution is 7.79. The van der Waals surface area contributed by atoms with Crippen molar-refractivity contribution < 1.29 is 14.2 Å². The molecule has 3 atom stereocenters. The number of hydrogen-bond donors (Lipinski definition) is 1. The zero-order chi connectivity index (χ0) is 17.6. The Morgan fingerprint density at radius 1 is 1.40 bits per heavy atom. The first-order valence-corrected chi connectivity index (χ1v) is 9.01. The summed E-state index contributed by atoms with van der Waals surface area (Å²) in [6.45, 7) is 2.34. The number of fused-ring (bicyclic) bond motifs is 1. The van der Waals surface area contributed by atoms with Crippen LogP contribution >= 0.6 is 0 Å². The monoisotopic (exact) mass is 361 g/mol. The first-order valence-electron chi connectivity index (χ1n) is 8.20. The number of aliphatic hydroxyl groups is 1. The van der Waals surface area contributed by atoms with Gasteiger partial charge in [0.2, 0.25) is 4.86 Å². The van der Waals surface area contributed by atoms with Crippen LogP contribution in [-0.2, 0) is 18.0 Å². The maximum atomic E-state index is 12.9. The van der Waals surface area contributed by atoms with E-state index in [1.54, 1.807) is 16.7 Å². The van der Waals surface area contributed by atoms with Gasteiger partial charge in [-0.25, -0.2) is 8.96 Å². The van der Waals surface area contributed by atoms with Gasteiger partial charge in [0.1, 0.15) is 24.2 Å². The molecule has 0 spiro atoms. The molecular formula is C18H18FN2O3S+. The quantitative estimate of drug-likeness (QED) is 0.501. The van der Waals surface area contributed by atoms with Gasteiger partial charge >= 0.3 is 5.16 Å². The zero-order valence-corrected chi connectivity index (χ0v) is 14.5. The van der Waals surface area contributed by atoms with Gasteiger partial charge in [-0.1, -0.05) is 0 Å². The third-order valence-electron chi connectivity index (χ3n) is 4.74. The molecule has 5 nitrogen and oxygen atoms in total. The smallest absolute Gasteiger partial charge is 0.406 e. The summed E-state index contributed by atoms with van der Waals surface area (Å²) in [5.41, 5.74) is 0.455. The van der Waals surface area contributed by atoms with Crippen LogP contribution in [0.4, 0.5) is 4.39 Å². The first kappa shape index (κ1) is 16.4. The van der Waals surface area contributed by atoms with Crippen molar-refractivity contribution in [2.24, 2.45) is 11.8 Å². The summed E-state index contributed by atoms with van der Waals surface area (Å²) in [7, 11) is 0. The fourth-order valence-corrected chi connectivity index (χ4v) is 4.51. The van der Waals surface area contributed by atoms with Gasteiger partial charge in [-0.2, -0.15) is 4.98 Å². The van der Waals surface area contributed by atoms with Crippen molar-refractivity contribution in [1.29, 1.82) is 0 Å². The molecule has 1 saturated carbocycles. The largest absolute Gasteiger partial charge is 0.487 e. The Hall–Kier alpha value is -2.12. The van der Waals surface area contributed by atoms with Crippen LogP contribution in [0.15, 0.2) is 40.3 Å². The highest BCUT2D eigenvalue weighted by atomic mass is 32.1. The van der Waals surface area contributed by atoms with Gasteiger partial charge < -0.3 is 9.84 Å². The molecule has 0 amide bonds. The second-order valence-corrected chi connectivity index (χ2v) is 7.69. The number of benzene rings is 1. The number of hydrogen-bond acceptors (Lipinski definition) is 4. The minimum absolute atomic E-state index is 0.0178. The minimum atomic E-state index is -0.323. The number of nitrogens with zero attached hydrogens (tertiary/aromatic N) is 2. The van der Waals surface area contributed by atoms with E-state index in [1.807, 2.05) is 6.92 Å². The fourth-order valence-electron chi connectivity index (χ4n) is 3.35. The Labute approximate surface area is 148 Å². The van der Waals surface area contributed by atoms with Gasteiger partial charge in [-0.15, -0.1) is 0 Å². The molecule has 0 radical (unpaired) electrons. The van der Waals surface area contributed by atoms with Crippen molar-refractivity contribution >= 4 is 16.2 Å². The Bertz CT molecular complexity index is 894.